The van der Waals surface area contributed by atoms with Crippen molar-refractivity contribution >= 4 is 41.3 Å². The van der Waals surface area contributed by atoms with Gasteiger partial charge in [0.1, 0.15) is 5.82 Å². The first-order chi connectivity index (χ1) is 12.7. The number of aliphatic imine (C=N–C) groups is 1. The van der Waals surface area contributed by atoms with Crippen molar-refractivity contribution in [1.82, 2.24) is 15.5 Å². The Labute approximate surface area is 182 Å². The summed E-state index contributed by atoms with van der Waals surface area (Å²) in [4.78, 5) is 8.23. The van der Waals surface area contributed by atoms with E-state index >= 15 is 0 Å². The highest BCUT2D eigenvalue weighted by atomic mass is 127. The minimum Gasteiger partial charge on any atom is -0.356 e. The van der Waals surface area contributed by atoms with Crippen molar-refractivity contribution in [2.75, 3.05) is 26.7 Å². The third-order valence-corrected chi connectivity index (χ3v) is 5.61. The first-order valence-corrected chi connectivity index (χ1v) is 10.0. The fraction of sp³-hybridized carbons (Fsp3) is 0.450. The number of guanidine groups is 1. The normalized spacial score (nSPS) is 18.0. The molecule has 1 aromatic carbocycles. The standard InChI is InChI=1S/C20H27FN4S.HI/c1-22-20(24-13-17-7-2-3-9-19(17)21)23-12-16-6-4-10-25(14-16)15-18-8-5-11-26-18;/h2-3,5,7-9,11,16H,4,6,10,12-15H2,1H3,(H2,22,23,24);1H. The van der Waals surface area contributed by atoms with Crippen LogP contribution in [0, 0.1) is 11.7 Å². The Morgan fingerprint density at radius 1 is 1.26 bits per heavy atom. The van der Waals surface area contributed by atoms with Crippen LogP contribution >= 0.6 is 35.3 Å². The molecule has 0 bridgehead atoms. The highest BCUT2D eigenvalue weighted by Gasteiger charge is 2.20. The molecule has 1 aliphatic rings. The van der Waals surface area contributed by atoms with Gasteiger partial charge in [0, 0.05) is 43.7 Å². The van der Waals surface area contributed by atoms with Gasteiger partial charge in [0.05, 0.1) is 0 Å². The van der Waals surface area contributed by atoms with Gasteiger partial charge in [-0.05, 0) is 42.8 Å². The van der Waals surface area contributed by atoms with Gasteiger partial charge in [-0.15, -0.1) is 35.3 Å². The summed E-state index contributed by atoms with van der Waals surface area (Å²) in [6.07, 6.45) is 2.47. The zero-order valence-corrected chi connectivity index (χ0v) is 18.8. The molecular weight excluding hydrogens is 474 g/mol. The molecule has 0 saturated carbocycles. The van der Waals surface area contributed by atoms with Gasteiger partial charge in [0.15, 0.2) is 5.96 Å². The molecule has 4 nitrogen and oxygen atoms in total. The summed E-state index contributed by atoms with van der Waals surface area (Å²) in [5.41, 5.74) is 0.648. The third-order valence-electron chi connectivity index (χ3n) is 4.75. The molecule has 1 aromatic heterocycles. The second kappa shape index (κ2) is 11.6. The lowest BCUT2D eigenvalue weighted by molar-refractivity contribution is 0.169. The highest BCUT2D eigenvalue weighted by Crippen LogP contribution is 2.20. The molecule has 1 atom stereocenters. The Bertz CT molecular complexity index is 708. The van der Waals surface area contributed by atoms with Crippen LogP contribution in [0.5, 0.6) is 0 Å². The van der Waals surface area contributed by atoms with E-state index in [0.29, 0.717) is 18.0 Å². The molecule has 1 fully saturated rings. The van der Waals surface area contributed by atoms with E-state index in [1.165, 1.54) is 30.3 Å². The van der Waals surface area contributed by atoms with E-state index in [0.717, 1.165) is 25.6 Å². The highest BCUT2D eigenvalue weighted by molar-refractivity contribution is 14.0. The fourth-order valence-electron chi connectivity index (χ4n) is 3.37. The lowest BCUT2D eigenvalue weighted by Crippen LogP contribution is -2.44. The predicted molar refractivity (Wildman–Crippen MR) is 122 cm³/mol. The molecule has 2 heterocycles. The quantitative estimate of drug-likeness (QED) is 0.355. The number of nitrogens with one attached hydrogen (secondary N) is 2. The molecule has 7 heteroatoms. The number of hydrogen-bond donors (Lipinski definition) is 2. The zero-order chi connectivity index (χ0) is 18.2. The smallest absolute Gasteiger partial charge is 0.191 e. The molecule has 0 radical (unpaired) electrons. The molecule has 1 aliphatic heterocycles. The molecule has 1 saturated heterocycles. The number of likely N-dealkylation sites (tertiary alicyclic amines) is 1. The van der Waals surface area contributed by atoms with E-state index in [4.69, 9.17) is 0 Å². The molecule has 2 N–H and O–H groups in total. The second-order valence-corrected chi connectivity index (χ2v) is 7.75. The summed E-state index contributed by atoms with van der Waals surface area (Å²) < 4.78 is 13.7. The van der Waals surface area contributed by atoms with Crippen molar-refractivity contribution in [3.8, 4) is 0 Å². The van der Waals surface area contributed by atoms with Crippen molar-refractivity contribution in [3.05, 3.63) is 58.0 Å². The van der Waals surface area contributed by atoms with Crippen LogP contribution in [-0.4, -0.2) is 37.5 Å². The minimum absolute atomic E-state index is 0. The number of piperidine rings is 1. The Morgan fingerprint density at radius 2 is 2.11 bits per heavy atom. The molecule has 0 aliphatic carbocycles. The van der Waals surface area contributed by atoms with Crippen molar-refractivity contribution in [2.45, 2.75) is 25.9 Å². The lowest BCUT2D eigenvalue weighted by atomic mass is 9.98. The molecule has 0 spiro atoms. The van der Waals surface area contributed by atoms with E-state index in [2.05, 4.69) is 38.0 Å². The molecule has 0 amide bonds. The third kappa shape index (κ3) is 7.04. The molecule has 27 heavy (non-hydrogen) atoms. The van der Waals surface area contributed by atoms with Gasteiger partial charge in [-0.25, -0.2) is 4.39 Å². The minimum atomic E-state index is -0.188. The lowest BCUT2D eigenvalue weighted by Gasteiger charge is -2.32. The maximum absolute atomic E-state index is 13.7. The van der Waals surface area contributed by atoms with Crippen LogP contribution in [0.4, 0.5) is 4.39 Å². The summed E-state index contributed by atoms with van der Waals surface area (Å²) in [5.74, 6) is 1.14. The summed E-state index contributed by atoms with van der Waals surface area (Å²) in [6.45, 7) is 4.65. The van der Waals surface area contributed by atoms with Crippen molar-refractivity contribution in [3.63, 3.8) is 0 Å². The molecular formula is C20H28FIN4S. The molecule has 1 unspecified atom stereocenters. The van der Waals surface area contributed by atoms with Gasteiger partial charge in [0.2, 0.25) is 0 Å². The van der Waals surface area contributed by atoms with Gasteiger partial charge in [-0.3, -0.25) is 9.89 Å². The SMILES string of the molecule is CN=C(NCc1ccccc1F)NCC1CCCN(Cc2cccs2)C1.I. The van der Waals surface area contributed by atoms with Gasteiger partial charge >= 0.3 is 0 Å². The summed E-state index contributed by atoms with van der Waals surface area (Å²) in [5, 5.41) is 8.74. The van der Waals surface area contributed by atoms with Crippen LogP contribution in [-0.2, 0) is 13.1 Å². The van der Waals surface area contributed by atoms with Gasteiger partial charge in [-0.2, -0.15) is 0 Å². The average Bonchev–Trinajstić information content (AvgIpc) is 3.16. The second-order valence-electron chi connectivity index (χ2n) is 6.72. The predicted octanol–water partition coefficient (Wildman–Crippen LogP) is 4.08. The van der Waals surface area contributed by atoms with E-state index in [1.807, 2.05) is 17.4 Å². The monoisotopic (exact) mass is 502 g/mol. The van der Waals surface area contributed by atoms with Crippen molar-refractivity contribution < 1.29 is 4.39 Å². The van der Waals surface area contributed by atoms with Crippen LogP contribution in [0.25, 0.3) is 0 Å². The van der Waals surface area contributed by atoms with Crippen molar-refractivity contribution in [2.24, 2.45) is 10.9 Å². The van der Waals surface area contributed by atoms with Crippen LogP contribution in [0.3, 0.4) is 0 Å². The van der Waals surface area contributed by atoms with E-state index in [-0.39, 0.29) is 29.8 Å². The summed E-state index contributed by atoms with van der Waals surface area (Å²) >= 11 is 1.83. The van der Waals surface area contributed by atoms with Gasteiger partial charge in [-0.1, -0.05) is 24.3 Å². The summed E-state index contributed by atoms with van der Waals surface area (Å²) in [6, 6.07) is 11.2. The van der Waals surface area contributed by atoms with E-state index in [1.54, 1.807) is 19.2 Å². The zero-order valence-electron chi connectivity index (χ0n) is 15.7. The summed E-state index contributed by atoms with van der Waals surface area (Å²) in [7, 11) is 1.75. The molecule has 148 valence electrons. The topological polar surface area (TPSA) is 39.7 Å². The Morgan fingerprint density at radius 3 is 2.85 bits per heavy atom. The van der Waals surface area contributed by atoms with Crippen LogP contribution in [0.2, 0.25) is 0 Å². The number of hydrogen-bond acceptors (Lipinski definition) is 3. The maximum Gasteiger partial charge on any atom is 0.191 e. The molecule has 2 aromatic rings. The number of rotatable bonds is 6. The van der Waals surface area contributed by atoms with Crippen LogP contribution in [0.1, 0.15) is 23.3 Å². The molecule has 3 rings (SSSR count). The number of benzene rings is 1. The van der Waals surface area contributed by atoms with Crippen LogP contribution < -0.4 is 10.6 Å². The Kier molecular flexibility index (Phi) is 9.50. The van der Waals surface area contributed by atoms with Crippen molar-refractivity contribution in [1.29, 1.82) is 0 Å². The van der Waals surface area contributed by atoms with Gasteiger partial charge < -0.3 is 10.6 Å². The first-order valence-electron chi connectivity index (χ1n) is 9.17. The maximum atomic E-state index is 13.7. The Hall–Kier alpha value is -1.19. The number of thiophene rings is 1. The van der Waals surface area contributed by atoms with E-state index in [9.17, 15) is 4.39 Å². The van der Waals surface area contributed by atoms with E-state index < -0.39 is 0 Å². The first kappa shape index (κ1) is 22.1. The van der Waals surface area contributed by atoms with Gasteiger partial charge in [0.25, 0.3) is 0 Å². The largest absolute Gasteiger partial charge is 0.356 e. The number of halogens is 2. The number of nitrogens with zero attached hydrogens (tertiary/aromatic N) is 2. The average molecular weight is 502 g/mol. The Balaban J connectivity index is 0.00000261. The fourth-order valence-corrected chi connectivity index (χ4v) is 4.11. The van der Waals surface area contributed by atoms with Crippen LogP contribution in [0.15, 0.2) is 46.8 Å².